The van der Waals surface area contributed by atoms with Crippen molar-refractivity contribution in [1.82, 2.24) is 5.32 Å². The molecule has 0 bridgehead atoms. The fourth-order valence-corrected chi connectivity index (χ4v) is 3.22. The zero-order chi connectivity index (χ0) is 14.5. The van der Waals surface area contributed by atoms with E-state index in [4.69, 9.17) is 4.74 Å². The van der Waals surface area contributed by atoms with Gasteiger partial charge in [-0.3, -0.25) is 0 Å². The fraction of sp³-hybridized carbons (Fsp3) is 0.667. The van der Waals surface area contributed by atoms with Gasteiger partial charge < -0.3 is 10.1 Å². The first-order valence-corrected chi connectivity index (χ1v) is 8.10. The van der Waals surface area contributed by atoms with Crippen molar-refractivity contribution in [2.45, 2.75) is 65.0 Å². The van der Waals surface area contributed by atoms with Gasteiger partial charge in [-0.05, 0) is 64.1 Å². The number of rotatable bonds is 5. The van der Waals surface area contributed by atoms with Crippen LogP contribution in [0, 0.1) is 12.8 Å². The lowest BCUT2D eigenvalue weighted by atomic mass is 9.84. The molecule has 0 spiro atoms. The summed E-state index contributed by atoms with van der Waals surface area (Å²) >= 11 is 0. The molecule has 2 nitrogen and oxygen atoms in total. The van der Waals surface area contributed by atoms with Gasteiger partial charge in [-0.1, -0.05) is 25.5 Å². The molecule has 3 atom stereocenters. The predicted octanol–water partition coefficient (Wildman–Crippen LogP) is 4.62. The number of aryl methyl sites for hydroxylation is 1. The SMILES string of the molecule is CCC1CCCCC1Oc1cc(C)ccc1C(C)NC. The minimum absolute atomic E-state index is 0.328. The van der Waals surface area contributed by atoms with Gasteiger partial charge in [0.15, 0.2) is 0 Å². The highest BCUT2D eigenvalue weighted by Crippen LogP contribution is 2.33. The molecule has 0 heterocycles. The van der Waals surface area contributed by atoms with Gasteiger partial charge in [0.25, 0.3) is 0 Å². The third-order valence-corrected chi connectivity index (χ3v) is 4.71. The Kier molecular flexibility index (Phi) is 5.47. The van der Waals surface area contributed by atoms with E-state index in [1.165, 1.54) is 43.2 Å². The molecular formula is C18H29NO. The van der Waals surface area contributed by atoms with E-state index in [9.17, 15) is 0 Å². The van der Waals surface area contributed by atoms with Gasteiger partial charge in [0.2, 0.25) is 0 Å². The summed E-state index contributed by atoms with van der Waals surface area (Å²) in [5.74, 6) is 1.80. The van der Waals surface area contributed by atoms with Crippen LogP contribution in [0.1, 0.15) is 63.1 Å². The van der Waals surface area contributed by atoms with Gasteiger partial charge in [0.1, 0.15) is 11.9 Å². The number of ether oxygens (including phenoxy) is 1. The highest BCUT2D eigenvalue weighted by molar-refractivity contribution is 5.39. The molecule has 1 aromatic rings. The number of hydrogen-bond donors (Lipinski definition) is 1. The van der Waals surface area contributed by atoms with Crippen LogP contribution in [-0.4, -0.2) is 13.2 Å². The van der Waals surface area contributed by atoms with E-state index in [0.29, 0.717) is 12.1 Å². The van der Waals surface area contributed by atoms with Crippen LogP contribution in [-0.2, 0) is 0 Å². The van der Waals surface area contributed by atoms with Crippen molar-refractivity contribution in [2.24, 2.45) is 5.92 Å². The molecule has 3 unspecified atom stereocenters. The molecular weight excluding hydrogens is 246 g/mol. The molecule has 1 aliphatic rings. The van der Waals surface area contributed by atoms with Crippen LogP contribution in [0.2, 0.25) is 0 Å². The van der Waals surface area contributed by atoms with E-state index >= 15 is 0 Å². The first kappa shape index (κ1) is 15.4. The summed E-state index contributed by atoms with van der Waals surface area (Å²) in [6.45, 7) is 6.62. The quantitative estimate of drug-likeness (QED) is 0.846. The molecule has 0 aliphatic heterocycles. The van der Waals surface area contributed by atoms with Crippen LogP contribution >= 0.6 is 0 Å². The third kappa shape index (κ3) is 3.54. The van der Waals surface area contributed by atoms with E-state index in [1.54, 1.807) is 0 Å². The lowest BCUT2D eigenvalue weighted by Crippen LogP contribution is -2.30. The van der Waals surface area contributed by atoms with E-state index < -0.39 is 0 Å². The number of benzene rings is 1. The van der Waals surface area contributed by atoms with Gasteiger partial charge in [0, 0.05) is 11.6 Å². The van der Waals surface area contributed by atoms with Crippen molar-refractivity contribution in [3.63, 3.8) is 0 Å². The summed E-state index contributed by atoms with van der Waals surface area (Å²) in [6.07, 6.45) is 6.84. The molecule has 2 rings (SSSR count). The summed E-state index contributed by atoms with van der Waals surface area (Å²) in [6, 6.07) is 6.91. The van der Waals surface area contributed by atoms with Gasteiger partial charge >= 0.3 is 0 Å². The largest absolute Gasteiger partial charge is 0.490 e. The Hall–Kier alpha value is -1.02. The molecule has 0 aromatic heterocycles. The molecule has 112 valence electrons. The van der Waals surface area contributed by atoms with Crippen LogP contribution in [0.3, 0.4) is 0 Å². The second-order valence-electron chi connectivity index (χ2n) is 6.16. The van der Waals surface area contributed by atoms with E-state index in [-0.39, 0.29) is 0 Å². The Balaban J connectivity index is 2.20. The lowest BCUT2D eigenvalue weighted by Gasteiger charge is -2.32. The van der Waals surface area contributed by atoms with Crippen molar-refractivity contribution in [3.8, 4) is 5.75 Å². The molecule has 0 amide bonds. The molecule has 0 saturated heterocycles. The highest BCUT2D eigenvalue weighted by atomic mass is 16.5. The standard InChI is InChI=1S/C18H29NO/c1-5-15-8-6-7-9-17(15)20-18-12-13(2)10-11-16(18)14(3)19-4/h10-12,14-15,17,19H,5-9H2,1-4H3. The monoisotopic (exact) mass is 275 g/mol. The number of nitrogens with one attached hydrogen (secondary N) is 1. The predicted molar refractivity (Wildman–Crippen MR) is 85.3 cm³/mol. The Morgan fingerprint density at radius 1 is 1.30 bits per heavy atom. The fourth-order valence-electron chi connectivity index (χ4n) is 3.22. The Morgan fingerprint density at radius 3 is 2.75 bits per heavy atom. The molecule has 1 saturated carbocycles. The van der Waals surface area contributed by atoms with Gasteiger partial charge in [-0.15, -0.1) is 0 Å². The van der Waals surface area contributed by atoms with E-state index in [2.05, 4.69) is 44.3 Å². The van der Waals surface area contributed by atoms with E-state index in [1.807, 2.05) is 7.05 Å². The maximum Gasteiger partial charge on any atom is 0.124 e. The van der Waals surface area contributed by atoms with Crippen molar-refractivity contribution < 1.29 is 4.74 Å². The maximum absolute atomic E-state index is 6.45. The topological polar surface area (TPSA) is 21.3 Å². The second-order valence-corrected chi connectivity index (χ2v) is 6.16. The van der Waals surface area contributed by atoms with Crippen LogP contribution in [0.25, 0.3) is 0 Å². The Bertz CT molecular complexity index is 429. The molecule has 1 fully saturated rings. The first-order valence-electron chi connectivity index (χ1n) is 8.10. The average Bonchev–Trinajstić information content (AvgIpc) is 2.47. The van der Waals surface area contributed by atoms with Gasteiger partial charge in [0.05, 0.1) is 0 Å². The minimum atomic E-state index is 0.328. The highest BCUT2D eigenvalue weighted by Gasteiger charge is 2.26. The van der Waals surface area contributed by atoms with E-state index in [0.717, 1.165) is 11.7 Å². The van der Waals surface area contributed by atoms with Gasteiger partial charge in [-0.2, -0.15) is 0 Å². The smallest absolute Gasteiger partial charge is 0.124 e. The molecule has 20 heavy (non-hydrogen) atoms. The summed E-state index contributed by atoms with van der Waals surface area (Å²) in [5, 5.41) is 3.32. The van der Waals surface area contributed by atoms with Crippen molar-refractivity contribution in [2.75, 3.05) is 7.05 Å². The maximum atomic E-state index is 6.45. The molecule has 1 aliphatic carbocycles. The summed E-state index contributed by atoms with van der Waals surface area (Å²) in [5.41, 5.74) is 2.55. The normalized spacial score (nSPS) is 24.4. The minimum Gasteiger partial charge on any atom is -0.490 e. The van der Waals surface area contributed by atoms with Crippen molar-refractivity contribution in [1.29, 1.82) is 0 Å². The zero-order valence-corrected chi connectivity index (χ0v) is 13.4. The zero-order valence-electron chi connectivity index (χ0n) is 13.4. The Morgan fingerprint density at radius 2 is 2.05 bits per heavy atom. The van der Waals surface area contributed by atoms with Crippen LogP contribution in [0.4, 0.5) is 0 Å². The second kappa shape index (κ2) is 7.12. The third-order valence-electron chi connectivity index (χ3n) is 4.71. The molecule has 0 radical (unpaired) electrons. The first-order chi connectivity index (χ1) is 9.65. The number of hydrogen-bond acceptors (Lipinski definition) is 2. The molecule has 2 heteroatoms. The molecule has 1 aromatic carbocycles. The van der Waals surface area contributed by atoms with Crippen molar-refractivity contribution in [3.05, 3.63) is 29.3 Å². The van der Waals surface area contributed by atoms with Crippen LogP contribution in [0.15, 0.2) is 18.2 Å². The lowest BCUT2D eigenvalue weighted by molar-refractivity contribution is 0.0889. The summed E-state index contributed by atoms with van der Waals surface area (Å²) < 4.78 is 6.45. The summed E-state index contributed by atoms with van der Waals surface area (Å²) in [4.78, 5) is 0. The van der Waals surface area contributed by atoms with Crippen molar-refractivity contribution >= 4 is 0 Å². The van der Waals surface area contributed by atoms with Crippen LogP contribution in [0.5, 0.6) is 5.75 Å². The van der Waals surface area contributed by atoms with Crippen LogP contribution < -0.4 is 10.1 Å². The average molecular weight is 275 g/mol. The Labute approximate surface area is 123 Å². The summed E-state index contributed by atoms with van der Waals surface area (Å²) in [7, 11) is 2.00. The van der Waals surface area contributed by atoms with Gasteiger partial charge in [-0.25, -0.2) is 0 Å². The molecule has 1 N–H and O–H groups in total.